The van der Waals surface area contributed by atoms with E-state index < -0.39 is 16.6 Å². The zero-order valence-electron chi connectivity index (χ0n) is 12.7. The topological polar surface area (TPSA) is 68.4 Å². The molecular weight excluding hydrogens is 320 g/mol. The Morgan fingerprint density at radius 1 is 1.08 bits per heavy atom. The summed E-state index contributed by atoms with van der Waals surface area (Å²) < 4.78 is 28.8. The van der Waals surface area contributed by atoms with Crippen LogP contribution < -0.4 is 5.56 Å². The van der Waals surface area contributed by atoms with E-state index in [1.54, 1.807) is 0 Å². The number of fused-ring (bicyclic) bond motifs is 1. The molecule has 0 unspecified atom stereocenters. The van der Waals surface area contributed by atoms with Gasteiger partial charge in [0, 0.05) is 43.9 Å². The average molecular weight is 335 g/mol. The molecule has 8 heteroatoms. The number of benzene rings is 1. The zero-order valence-corrected chi connectivity index (χ0v) is 12.7. The molecule has 3 rings (SSSR count). The van der Waals surface area contributed by atoms with Gasteiger partial charge in [0.05, 0.1) is 11.1 Å². The Morgan fingerprint density at radius 2 is 1.79 bits per heavy atom. The molecule has 0 bridgehead atoms. The second kappa shape index (κ2) is 6.48. The van der Waals surface area contributed by atoms with Gasteiger partial charge in [0.25, 0.3) is 11.2 Å². The van der Waals surface area contributed by atoms with E-state index in [1.165, 1.54) is 10.8 Å². The van der Waals surface area contributed by atoms with E-state index in [-0.39, 0.29) is 24.3 Å². The fraction of sp³-hybridized carbons (Fsp3) is 0.312. The Bertz CT molecular complexity index is 851. The summed E-state index contributed by atoms with van der Waals surface area (Å²) in [6, 6.07) is 4.56. The fourth-order valence-corrected chi connectivity index (χ4v) is 2.89. The van der Waals surface area contributed by atoms with Crippen LogP contribution in [0.2, 0.25) is 0 Å². The van der Waals surface area contributed by atoms with Gasteiger partial charge in [-0.1, -0.05) is 0 Å². The van der Waals surface area contributed by atoms with Crippen molar-refractivity contribution in [3.05, 3.63) is 73.7 Å². The van der Waals surface area contributed by atoms with Gasteiger partial charge < -0.3 is 4.57 Å². The third-order valence-electron chi connectivity index (χ3n) is 4.21. The lowest BCUT2D eigenvalue weighted by atomic mass is 9.98. The van der Waals surface area contributed by atoms with E-state index in [2.05, 4.69) is 0 Å². The highest BCUT2D eigenvalue weighted by atomic mass is 19.1. The lowest BCUT2D eigenvalue weighted by Gasteiger charge is -2.29. The van der Waals surface area contributed by atoms with Gasteiger partial charge in [0.1, 0.15) is 11.6 Å². The van der Waals surface area contributed by atoms with Crippen molar-refractivity contribution in [3.8, 4) is 0 Å². The highest BCUT2D eigenvalue weighted by molar-refractivity contribution is 5.32. The molecule has 126 valence electrons. The van der Waals surface area contributed by atoms with Crippen molar-refractivity contribution >= 4 is 5.69 Å². The SMILES string of the molecule is O=c1ccc([N+](=O)[O-])cn1CCN1CCc2c(F)ccc(F)c2C1. The molecule has 24 heavy (non-hydrogen) atoms. The van der Waals surface area contributed by atoms with Crippen molar-refractivity contribution < 1.29 is 13.7 Å². The number of nitrogens with zero attached hydrogens (tertiary/aromatic N) is 3. The molecule has 0 saturated carbocycles. The molecule has 0 atom stereocenters. The Morgan fingerprint density at radius 3 is 2.50 bits per heavy atom. The minimum absolute atomic E-state index is 0.160. The minimum Gasteiger partial charge on any atom is -0.308 e. The van der Waals surface area contributed by atoms with Crippen molar-refractivity contribution in [2.45, 2.75) is 19.5 Å². The first kappa shape index (κ1) is 16.3. The summed E-state index contributed by atoms with van der Waals surface area (Å²) in [5.41, 5.74) is 0.244. The predicted molar refractivity (Wildman–Crippen MR) is 82.7 cm³/mol. The van der Waals surface area contributed by atoms with Crippen LogP contribution in [-0.2, 0) is 19.5 Å². The highest BCUT2D eigenvalue weighted by Crippen LogP contribution is 2.24. The molecule has 0 N–H and O–H groups in total. The van der Waals surface area contributed by atoms with E-state index in [0.717, 1.165) is 24.3 Å². The maximum Gasteiger partial charge on any atom is 0.285 e. The first-order chi connectivity index (χ1) is 11.5. The third-order valence-corrected chi connectivity index (χ3v) is 4.21. The molecule has 0 saturated heterocycles. The van der Waals surface area contributed by atoms with Crippen molar-refractivity contribution in [2.75, 3.05) is 13.1 Å². The first-order valence-corrected chi connectivity index (χ1v) is 7.48. The van der Waals surface area contributed by atoms with E-state index >= 15 is 0 Å². The van der Waals surface area contributed by atoms with Crippen LogP contribution >= 0.6 is 0 Å². The third kappa shape index (κ3) is 3.18. The van der Waals surface area contributed by atoms with Gasteiger partial charge in [-0.15, -0.1) is 0 Å². The number of aromatic nitrogens is 1. The maximum atomic E-state index is 13.9. The average Bonchev–Trinajstić information content (AvgIpc) is 2.57. The van der Waals surface area contributed by atoms with Crippen molar-refractivity contribution in [3.63, 3.8) is 0 Å². The number of hydrogen-bond donors (Lipinski definition) is 0. The Hall–Kier alpha value is -2.61. The number of pyridine rings is 1. The molecule has 1 aliphatic heterocycles. The molecule has 2 heterocycles. The van der Waals surface area contributed by atoms with E-state index in [1.807, 2.05) is 4.90 Å². The van der Waals surface area contributed by atoms with Crippen LogP contribution in [0.15, 0.2) is 35.3 Å². The van der Waals surface area contributed by atoms with Crippen LogP contribution in [-0.4, -0.2) is 27.5 Å². The molecule has 0 aliphatic carbocycles. The minimum atomic E-state index is -0.564. The van der Waals surface area contributed by atoms with Gasteiger partial charge in [0.2, 0.25) is 0 Å². The number of nitro groups is 1. The van der Waals surface area contributed by atoms with Crippen molar-refractivity contribution in [1.82, 2.24) is 9.47 Å². The fourth-order valence-electron chi connectivity index (χ4n) is 2.89. The van der Waals surface area contributed by atoms with Crippen LogP contribution in [0.1, 0.15) is 11.1 Å². The van der Waals surface area contributed by atoms with Gasteiger partial charge in [-0.2, -0.15) is 0 Å². The van der Waals surface area contributed by atoms with E-state index in [9.17, 15) is 23.7 Å². The van der Waals surface area contributed by atoms with E-state index in [0.29, 0.717) is 30.6 Å². The van der Waals surface area contributed by atoms with Crippen molar-refractivity contribution in [1.29, 1.82) is 0 Å². The smallest absolute Gasteiger partial charge is 0.285 e. The summed E-state index contributed by atoms with van der Waals surface area (Å²) in [5, 5.41) is 10.8. The molecule has 0 fully saturated rings. The second-order valence-corrected chi connectivity index (χ2v) is 5.69. The summed E-state index contributed by atoms with van der Waals surface area (Å²) in [6.07, 6.45) is 1.59. The molecule has 1 aromatic carbocycles. The van der Waals surface area contributed by atoms with Crippen LogP contribution in [0, 0.1) is 21.7 Å². The molecule has 0 spiro atoms. The summed E-state index contributed by atoms with van der Waals surface area (Å²) in [5.74, 6) is -0.843. The van der Waals surface area contributed by atoms with Crippen LogP contribution in [0.5, 0.6) is 0 Å². The van der Waals surface area contributed by atoms with Crippen LogP contribution in [0.3, 0.4) is 0 Å². The van der Waals surface area contributed by atoms with E-state index in [4.69, 9.17) is 0 Å². The largest absolute Gasteiger partial charge is 0.308 e. The molecule has 0 amide bonds. The van der Waals surface area contributed by atoms with Gasteiger partial charge in [-0.3, -0.25) is 19.8 Å². The number of halogens is 2. The normalized spacial score (nSPS) is 14.4. The summed E-state index contributed by atoms with van der Waals surface area (Å²) in [6.45, 7) is 1.45. The van der Waals surface area contributed by atoms with Gasteiger partial charge >= 0.3 is 0 Å². The summed E-state index contributed by atoms with van der Waals surface area (Å²) in [7, 11) is 0. The second-order valence-electron chi connectivity index (χ2n) is 5.69. The van der Waals surface area contributed by atoms with Gasteiger partial charge in [-0.25, -0.2) is 8.78 Å². The lowest BCUT2D eigenvalue weighted by molar-refractivity contribution is -0.385. The van der Waals surface area contributed by atoms with Gasteiger partial charge in [0.15, 0.2) is 0 Å². The predicted octanol–water partition coefficient (Wildman–Crippen LogP) is 2.09. The zero-order chi connectivity index (χ0) is 17.3. The lowest BCUT2D eigenvalue weighted by Crippen LogP contribution is -2.35. The van der Waals surface area contributed by atoms with Crippen LogP contribution in [0.4, 0.5) is 14.5 Å². The Balaban J connectivity index is 1.73. The maximum absolute atomic E-state index is 13.9. The molecule has 2 aromatic rings. The van der Waals surface area contributed by atoms with Crippen LogP contribution in [0.25, 0.3) is 0 Å². The van der Waals surface area contributed by atoms with Gasteiger partial charge in [-0.05, 0) is 24.1 Å². The Kier molecular flexibility index (Phi) is 4.39. The van der Waals surface area contributed by atoms with Crippen molar-refractivity contribution in [2.24, 2.45) is 0 Å². The standard InChI is InChI=1S/C16H15F2N3O3/c17-14-2-3-15(18)13-10-19(6-5-12(13)14)7-8-20-9-11(21(23)24)1-4-16(20)22/h1-4,9H,5-8,10H2. The molecule has 1 aliphatic rings. The molecular formula is C16H15F2N3O3. The Labute approximate surface area is 136 Å². The summed E-state index contributed by atoms with van der Waals surface area (Å²) >= 11 is 0. The first-order valence-electron chi connectivity index (χ1n) is 7.48. The quantitative estimate of drug-likeness (QED) is 0.634. The number of hydrogen-bond acceptors (Lipinski definition) is 4. The summed E-state index contributed by atoms with van der Waals surface area (Å²) in [4.78, 5) is 23.9. The molecule has 1 aromatic heterocycles. The monoisotopic (exact) mass is 335 g/mol. The number of rotatable bonds is 4. The molecule has 6 nitrogen and oxygen atoms in total. The molecule has 0 radical (unpaired) electrons. The highest BCUT2D eigenvalue weighted by Gasteiger charge is 2.22.